The molecule has 0 aromatic rings. The minimum atomic E-state index is 0.486. The van der Waals surface area contributed by atoms with Gasteiger partial charge in [0.2, 0.25) is 0 Å². The quantitative estimate of drug-likeness (QED) is 0.708. The molecule has 0 aromatic heterocycles. The van der Waals surface area contributed by atoms with Crippen molar-refractivity contribution in [2.45, 2.75) is 43.5 Å². The predicted molar refractivity (Wildman–Crippen MR) is 64.1 cm³/mol. The zero-order chi connectivity index (χ0) is 10.4. The van der Waals surface area contributed by atoms with Crippen LogP contribution in [-0.2, 0) is 4.74 Å². The van der Waals surface area contributed by atoms with Crippen LogP contribution in [0, 0.1) is 0 Å². The molecular weight excluding hydrogens is 242 g/mol. The van der Waals surface area contributed by atoms with Crippen LogP contribution in [0.5, 0.6) is 0 Å². The topological polar surface area (TPSA) is 12.5 Å². The first-order valence-electron chi connectivity index (χ1n) is 5.62. The summed E-state index contributed by atoms with van der Waals surface area (Å²) in [6.07, 6.45) is 5.53. The average molecular weight is 264 g/mol. The van der Waals surface area contributed by atoms with Crippen LogP contribution < -0.4 is 0 Å². The van der Waals surface area contributed by atoms with Crippen LogP contribution >= 0.6 is 15.9 Å². The highest BCUT2D eigenvalue weighted by Gasteiger charge is 2.15. The Morgan fingerprint density at radius 2 is 2.29 bits per heavy atom. The van der Waals surface area contributed by atoms with Crippen LogP contribution in [0.2, 0.25) is 0 Å². The van der Waals surface area contributed by atoms with E-state index in [1.807, 2.05) is 0 Å². The Labute approximate surface area is 96.1 Å². The van der Waals surface area contributed by atoms with Gasteiger partial charge < -0.3 is 9.64 Å². The molecule has 0 bridgehead atoms. The van der Waals surface area contributed by atoms with Gasteiger partial charge in [0.05, 0.1) is 6.10 Å². The van der Waals surface area contributed by atoms with Crippen molar-refractivity contribution in [3.8, 4) is 0 Å². The molecule has 84 valence electrons. The largest absolute Gasteiger partial charge is 0.377 e. The molecule has 0 aliphatic carbocycles. The summed E-state index contributed by atoms with van der Waals surface area (Å²) in [6.45, 7) is 5.42. The highest BCUT2D eigenvalue weighted by atomic mass is 79.9. The third-order valence-corrected chi connectivity index (χ3v) is 3.16. The second-order valence-corrected chi connectivity index (χ2v) is 5.88. The van der Waals surface area contributed by atoms with Crippen molar-refractivity contribution in [1.82, 2.24) is 4.90 Å². The van der Waals surface area contributed by atoms with Crippen LogP contribution in [0.3, 0.4) is 0 Å². The number of nitrogens with zero attached hydrogens (tertiary/aromatic N) is 1. The van der Waals surface area contributed by atoms with Gasteiger partial charge in [0.15, 0.2) is 0 Å². The molecule has 1 aliphatic heterocycles. The SMILES string of the molecule is CC(Br)CCN(C)CC1CCCCO1. The van der Waals surface area contributed by atoms with E-state index >= 15 is 0 Å². The average Bonchev–Trinajstić information content (AvgIpc) is 2.16. The lowest BCUT2D eigenvalue weighted by molar-refractivity contribution is -0.00149. The van der Waals surface area contributed by atoms with Gasteiger partial charge >= 0.3 is 0 Å². The highest BCUT2D eigenvalue weighted by molar-refractivity contribution is 9.09. The summed E-state index contributed by atoms with van der Waals surface area (Å²) >= 11 is 3.57. The molecular formula is C11H22BrNO. The number of hydrogen-bond acceptors (Lipinski definition) is 2. The third-order valence-electron chi connectivity index (χ3n) is 2.70. The number of halogens is 1. The number of hydrogen-bond donors (Lipinski definition) is 0. The standard InChI is InChI=1S/C11H22BrNO/c1-10(12)6-7-13(2)9-11-5-3-4-8-14-11/h10-11H,3-9H2,1-2H3. The lowest BCUT2D eigenvalue weighted by Crippen LogP contribution is -2.34. The van der Waals surface area contributed by atoms with Gasteiger partial charge in [-0.25, -0.2) is 0 Å². The molecule has 1 heterocycles. The van der Waals surface area contributed by atoms with Crippen molar-refractivity contribution in [1.29, 1.82) is 0 Å². The monoisotopic (exact) mass is 263 g/mol. The Balaban J connectivity index is 2.09. The molecule has 0 spiro atoms. The fourth-order valence-electron chi connectivity index (χ4n) is 1.79. The van der Waals surface area contributed by atoms with E-state index in [1.165, 1.54) is 25.7 Å². The summed E-state index contributed by atoms with van der Waals surface area (Å²) < 4.78 is 5.70. The maximum absolute atomic E-state index is 5.70. The second-order valence-electron chi connectivity index (χ2n) is 4.32. The lowest BCUT2D eigenvalue weighted by atomic mass is 10.1. The van der Waals surface area contributed by atoms with Crippen LogP contribution in [0.15, 0.2) is 0 Å². The first kappa shape index (κ1) is 12.5. The molecule has 1 saturated heterocycles. The molecule has 1 aliphatic rings. The minimum Gasteiger partial charge on any atom is -0.377 e. The van der Waals surface area contributed by atoms with Crippen LogP contribution in [-0.4, -0.2) is 42.6 Å². The van der Waals surface area contributed by atoms with E-state index in [9.17, 15) is 0 Å². The molecule has 0 amide bonds. The van der Waals surface area contributed by atoms with Crippen molar-refractivity contribution in [2.24, 2.45) is 0 Å². The fraction of sp³-hybridized carbons (Fsp3) is 1.00. The lowest BCUT2D eigenvalue weighted by Gasteiger charge is -2.27. The molecule has 0 saturated carbocycles. The molecule has 0 radical (unpaired) electrons. The van der Waals surface area contributed by atoms with E-state index < -0.39 is 0 Å². The van der Waals surface area contributed by atoms with Gasteiger partial charge in [0.1, 0.15) is 0 Å². The molecule has 3 heteroatoms. The van der Waals surface area contributed by atoms with Crippen LogP contribution in [0.25, 0.3) is 0 Å². The Bertz CT molecular complexity index is 146. The summed E-state index contributed by atoms with van der Waals surface area (Å²) in [4.78, 5) is 3.01. The molecule has 2 unspecified atom stereocenters. The second kappa shape index (κ2) is 6.81. The highest BCUT2D eigenvalue weighted by Crippen LogP contribution is 2.13. The third kappa shape index (κ3) is 5.32. The number of likely N-dealkylation sites (N-methyl/N-ethyl adjacent to an activating group) is 1. The molecule has 2 nitrogen and oxygen atoms in total. The molecule has 2 atom stereocenters. The van der Waals surface area contributed by atoms with E-state index in [0.29, 0.717) is 10.9 Å². The van der Waals surface area contributed by atoms with E-state index in [0.717, 1.165) is 19.7 Å². The zero-order valence-corrected chi connectivity index (χ0v) is 10.9. The van der Waals surface area contributed by atoms with Gasteiger partial charge in [0.25, 0.3) is 0 Å². The van der Waals surface area contributed by atoms with Gasteiger partial charge in [-0.15, -0.1) is 0 Å². The van der Waals surface area contributed by atoms with Crippen LogP contribution in [0.1, 0.15) is 32.6 Å². The normalized spacial score (nSPS) is 25.3. The van der Waals surface area contributed by atoms with Crippen molar-refractivity contribution in [3.63, 3.8) is 0 Å². The Morgan fingerprint density at radius 1 is 1.50 bits per heavy atom. The maximum Gasteiger partial charge on any atom is 0.0701 e. The molecule has 0 aromatic carbocycles. The first-order valence-corrected chi connectivity index (χ1v) is 6.54. The summed E-state index contributed by atoms with van der Waals surface area (Å²) in [5.41, 5.74) is 0. The van der Waals surface area contributed by atoms with Gasteiger partial charge in [-0.2, -0.15) is 0 Å². The smallest absolute Gasteiger partial charge is 0.0701 e. The zero-order valence-electron chi connectivity index (χ0n) is 9.34. The van der Waals surface area contributed by atoms with E-state index in [2.05, 4.69) is 34.8 Å². The Kier molecular flexibility index (Phi) is 6.06. The number of rotatable bonds is 5. The Morgan fingerprint density at radius 3 is 2.86 bits per heavy atom. The summed E-state index contributed by atoms with van der Waals surface area (Å²) in [7, 11) is 2.19. The van der Waals surface area contributed by atoms with Crippen LogP contribution in [0.4, 0.5) is 0 Å². The molecule has 1 fully saturated rings. The molecule has 1 rings (SSSR count). The summed E-state index contributed by atoms with van der Waals surface area (Å²) in [6, 6.07) is 0. The van der Waals surface area contributed by atoms with Gasteiger partial charge in [-0.1, -0.05) is 22.9 Å². The minimum absolute atomic E-state index is 0.486. The Hall–Kier alpha value is 0.400. The first-order chi connectivity index (χ1) is 6.68. The van der Waals surface area contributed by atoms with Gasteiger partial charge in [-0.05, 0) is 39.3 Å². The van der Waals surface area contributed by atoms with Crippen molar-refractivity contribution in [3.05, 3.63) is 0 Å². The summed E-state index contributed by atoms with van der Waals surface area (Å²) in [5, 5.41) is 0. The fourth-order valence-corrected chi connectivity index (χ4v) is 1.99. The molecule has 0 N–H and O–H groups in total. The van der Waals surface area contributed by atoms with Gasteiger partial charge in [-0.3, -0.25) is 0 Å². The number of ether oxygens (including phenoxy) is 1. The summed E-state index contributed by atoms with van der Waals surface area (Å²) in [5.74, 6) is 0. The van der Waals surface area contributed by atoms with Crippen molar-refractivity contribution in [2.75, 3.05) is 26.7 Å². The van der Waals surface area contributed by atoms with E-state index in [1.54, 1.807) is 0 Å². The number of alkyl halides is 1. The van der Waals surface area contributed by atoms with E-state index in [-0.39, 0.29) is 0 Å². The maximum atomic E-state index is 5.70. The van der Waals surface area contributed by atoms with Gasteiger partial charge in [0, 0.05) is 18.0 Å². The van der Waals surface area contributed by atoms with Crippen molar-refractivity contribution < 1.29 is 4.74 Å². The van der Waals surface area contributed by atoms with Crippen molar-refractivity contribution >= 4 is 15.9 Å². The van der Waals surface area contributed by atoms with E-state index in [4.69, 9.17) is 4.74 Å². The predicted octanol–water partition coefficient (Wildman–Crippen LogP) is 2.66. The molecule has 14 heavy (non-hydrogen) atoms.